The van der Waals surface area contributed by atoms with Crippen LogP contribution >= 0.6 is 0 Å². The van der Waals surface area contributed by atoms with Gasteiger partial charge in [-0.05, 0) is 10.4 Å². The molecule has 0 aliphatic carbocycles. The van der Waals surface area contributed by atoms with Crippen LogP contribution in [0.25, 0.3) is 11.4 Å². The van der Waals surface area contributed by atoms with Gasteiger partial charge in [0, 0.05) is 12.5 Å². The summed E-state index contributed by atoms with van der Waals surface area (Å²) in [5, 5.41) is 18.0. The van der Waals surface area contributed by atoms with E-state index in [1.165, 1.54) is 0 Å². The van der Waals surface area contributed by atoms with Gasteiger partial charge in [-0.2, -0.15) is 5.10 Å². The third kappa shape index (κ3) is 1.62. The van der Waals surface area contributed by atoms with Gasteiger partial charge in [-0.3, -0.25) is 4.68 Å². The first kappa shape index (κ1) is 9.82. The molecule has 2 aromatic heterocycles. The average Bonchev–Trinajstić information content (AvgIpc) is 2.68. The summed E-state index contributed by atoms with van der Waals surface area (Å²) in [7, 11) is 1.92. The normalized spacial score (nSPS) is 12.0. The van der Waals surface area contributed by atoms with Crippen LogP contribution in [0.3, 0.4) is 0 Å². The molecule has 0 atom stereocenters. The predicted molar refractivity (Wildman–Crippen MR) is 55.1 cm³/mol. The van der Waals surface area contributed by atoms with Crippen LogP contribution in [0.15, 0.2) is 6.20 Å². The summed E-state index contributed by atoms with van der Waals surface area (Å²) in [4.78, 5) is 0. The first-order chi connectivity index (χ1) is 7.00. The Kier molecular flexibility index (Phi) is 2.06. The summed E-state index contributed by atoms with van der Waals surface area (Å²) in [5.74, 6) is 0.660. The summed E-state index contributed by atoms with van der Waals surface area (Å²) in [6.07, 6.45) is 1.78. The van der Waals surface area contributed by atoms with Crippen molar-refractivity contribution in [2.45, 2.75) is 26.2 Å². The highest BCUT2D eigenvalue weighted by atomic mass is 15.5. The van der Waals surface area contributed by atoms with E-state index in [9.17, 15) is 0 Å². The minimum Gasteiger partial charge on any atom is -0.271 e. The van der Waals surface area contributed by atoms with Gasteiger partial charge in [-0.25, -0.2) is 5.10 Å². The number of nitrogens with zero attached hydrogens (tertiary/aromatic N) is 5. The van der Waals surface area contributed by atoms with Gasteiger partial charge in [0.15, 0.2) is 5.82 Å². The van der Waals surface area contributed by atoms with Crippen molar-refractivity contribution in [3.8, 4) is 11.4 Å². The SMILES string of the molecule is Cn1ncc(-c2nnn[nH]2)c1C(C)(C)C. The van der Waals surface area contributed by atoms with E-state index in [2.05, 4.69) is 46.5 Å². The topological polar surface area (TPSA) is 72.3 Å². The highest BCUT2D eigenvalue weighted by molar-refractivity contribution is 5.58. The molecule has 0 spiro atoms. The molecule has 0 amide bonds. The third-order valence-electron chi connectivity index (χ3n) is 2.25. The second kappa shape index (κ2) is 3.15. The van der Waals surface area contributed by atoms with Crippen LogP contribution in [-0.2, 0) is 12.5 Å². The van der Waals surface area contributed by atoms with Crippen LogP contribution in [-0.4, -0.2) is 30.4 Å². The lowest BCUT2D eigenvalue weighted by atomic mass is 9.89. The van der Waals surface area contributed by atoms with E-state index in [0.717, 1.165) is 11.3 Å². The molecule has 0 saturated carbocycles. The Bertz CT molecular complexity index is 447. The van der Waals surface area contributed by atoms with E-state index in [1.54, 1.807) is 6.20 Å². The number of H-pyrrole nitrogens is 1. The van der Waals surface area contributed by atoms with E-state index in [0.29, 0.717) is 5.82 Å². The largest absolute Gasteiger partial charge is 0.271 e. The Hall–Kier alpha value is -1.72. The van der Waals surface area contributed by atoms with E-state index in [4.69, 9.17) is 0 Å². The molecule has 0 bridgehead atoms. The Labute approximate surface area is 87.7 Å². The Balaban J connectivity index is 2.59. The summed E-state index contributed by atoms with van der Waals surface area (Å²) in [6.45, 7) is 6.41. The van der Waals surface area contributed by atoms with E-state index >= 15 is 0 Å². The monoisotopic (exact) mass is 206 g/mol. The summed E-state index contributed by atoms with van der Waals surface area (Å²) in [5.41, 5.74) is 2.07. The van der Waals surface area contributed by atoms with Gasteiger partial charge < -0.3 is 0 Å². The van der Waals surface area contributed by atoms with Crippen molar-refractivity contribution in [3.05, 3.63) is 11.9 Å². The number of aromatic amines is 1. The van der Waals surface area contributed by atoms with Gasteiger partial charge in [0.1, 0.15) is 0 Å². The maximum absolute atomic E-state index is 4.24. The number of rotatable bonds is 1. The molecule has 2 aromatic rings. The van der Waals surface area contributed by atoms with Gasteiger partial charge in [0.05, 0.1) is 17.5 Å². The summed E-state index contributed by atoms with van der Waals surface area (Å²) < 4.78 is 1.86. The molecule has 6 nitrogen and oxygen atoms in total. The highest BCUT2D eigenvalue weighted by Crippen LogP contribution is 2.29. The molecule has 0 aliphatic heterocycles. The van der Waals surface area contributed by atoms with Gasteiger partial charge in [-0.1, -0.05) is 20.8 Å². The zero-order valence-corrected chi connectivity index (χ0v) is 9.31. The van der Waals surface area contributed by atoms with Crippen LogP contribution in [0.1, 0.15) is 26.5 Å². The van der Waals surface area contributed by atoms with Crippen LogP contribution in [0.5, 0.6) is 0 Å². The molecule has 0 aromatic carbocycles. The Morgan fingerprint density at radius 3 is 2.60 bits per heavy atom. The number of aryl methyl sites for hydroxylation is 1. The molecule has 0 radical (unpaired) electrons. The standard InChI is InChI=1S/C9H14N6/c1-9(2,3)7-6(5-10-15(7)4)8-11-13-14-12-8/h5H,1-4H3,(H,11,12,13,14). The maximum atomic E-state index is 4.24. The second-order valence-corrected chi connectivity index (χ2v) is 4.53. The van der Waals surface area contributed by atoms with E-state index in [1.807, 2.05) is 11.7 Å². The van der Waals surface area contributed by atoms with Crippen LogP contribution < -0.4 is 0 Å². The number of tetrazole rings is 1. The molecule has 0 aliphatic rings. The highest BCUT2D eigenvalue weighted by Gasteiger charge is 2.24. The molecular formula is C9H14N6. The van der Waals surface area contributed by atoms with Gasteiger partial charge in [-0.15, -0.1) is 5.10 Å². The fraction of sp³-hybridized carbons (Fsp3) is 0.556. The Morgan fingerprint density at radius 1 is 1.33 bits per heavy atom. The van der Waals surface area contributed by atoms with Crippen molar-refractivity contribution in [1.82, 2.24) is 30.4 Å². The van der Waals surface area contributed by atoms with Crippen LogP contribution in [0.4, 0.5) is 0 Å². The lowest BCUT2D eigenvalue weighted by Gasteiger charge is -2.20. The predicted octanol–water partition coefficient (Wildman–Crippen LogP) is 0.898. The van der Waals surface area contributed by atoms with Gasteiger partial charge in [0.2, 0.25) is 0 Å². The quantitative estimate of drug-likeness (QED) is 0.752. The van der Waals surface area contributed by atoms with Gasteiger partial charge in [0.25, 0.3) is 0 Å². The van der Waals surface area contributed by atoms with Crippen molar-refractivity contribution < 1.29 is 0 Å². The smallest absolute Gasteiger partial charge is 0.182 e. The van der Waals surface area contributed by atoms with Crippen molar-refractivity contribution in [2.24, 2.45) is 7.05 Å². The number of nitrogens with one attached hydrogen (secondary N) is 1. The molecule has 6 heteroatoms. The third-order valence-corrected chi connectivity index (χ3v) is 2.25. The fourth-order valence-corrected chi connectivity index (χ4v) is 1.77. The first-order valence-corrected chi connectivity index (χ1v) is 4.76. The van der Waals surface area contributed by atoms with Crippen LogP contribution in [0, 0.1) is 0 Å². The van der Waals surface area contributed by atoms with Crippen molar-refractivity contribution >= 4 is 0 Å². The molecule has 2 heterocycles. The maximum Gasteiger partial charge on any atom is 0.182 e. The molecule has 0 fully saturated rings. The fourth-order valence-electron chi connectivity index (χ4n) is 1.77. The summed E-state index contributed by atoms with van der Waals surface area (Å²) in [6, 6.07) is 0. The molecule has 80 valence electrons. The average molecular weight is 206 g/mol. The number of hydrogen-bond donors (Lipinski definition) is 1. The molecule has 2 rings (SSSR count). The first-order valence-electron chi connectivity index (χ1n) is 4.76. The zero-order valence-electron chi connectivity index (χ0n) is 9.31. The molecule has 1 N–H and O–H groups in total. The second-order valence-electron chi connectivity index (χ2n) is 4.53. The number of hydrogen-bond acceptors (Lipinski definition) is 4. The van der Waals surface area contributed by atoms with E-state index in [-0.39, 0.29) is 5.41 Å². The van der Waals surface area contributed by atoms with Crippen LogP contribution in [0.2, 0.25) is 0 Å². The zero-order chi connectivity index (χ0) is 11.1. The summed E-state index contributed by atoms with van der Waals surface area (Å²) >= 11 is 0. The van der Waals surface area contributed by atoms with Gasteiger partial charge >= 0.3 is 0 Å². The minimum atomic E-state index is 0.00731. The van der Waals surface area contributed by atoms with Crippen molar-refractivity contribution in [2.75, 3.05) is 0 Å². The minimum absolute atomic E-state index is 0.00731. The Morgan fingerprint density at radius 2 is 2.07 bits per heavy atom. The molecule has 0 saturated heterocycles. The number of aromatic nitrogens is 6. The molecular weight excluding hydrogens is 192 g/mol. The molecule has 0 unspecified atom stereocenters. The van der Waals surface area contributed by atoms with E-state index < -0.39 is 0 Å². The van der Waals surface area contributed by atoms with Crippen molar-refractivity contribution in [3.63, 3.8) is 0 Å². The lowest BCUT2D eigenvalue weighted by Crippen LogP contribution is -2.17. The van der Waals surface area contributed by atoms with Crippen molar-refractivity contribution in [1.29, 1.82) is 0 Å². The lowest BCUT2D eigenvalue weighted by molar-refractivity contribution is 0.524. The molecule has 15 heavy (non-hydrogen) atoms.